The highest BCUT2D eigenvalue weighted by atomic mass is 19.1. The van der Waals surface area contributed by atoms with Gasteiger partial charge in [-0.3, -0.25) is 19.4 Å². The number of piperazine rings is 1. The third-order valence-corrected chi connectivity index (χ3v) is 5.63. The summed E-state index contributed by atoms with van der Waals surface area (Å²) < 4.78 is 23.5. The molecule has 0 radical (unpaired) electrons. The van der Waals surface area contributed by atoms with E-state index in [-0.39, 0.29) is 37.4 Å². The van der Waals surface area contributed by atoms with E-state index >= 15 is 0 Å². The molecular formula is C25H32FN3O4. The van der Waals surface area contributed by atoms with Gasteiger partial charge in [-0.05, 0) is 42.3 Å². The topological polar surface area (TPSA) is 62.3 Å². The van der Waals surface area contributed by atoms with Crippen LogP contribution in [0, 0.1) is 5.82 Å². The fourth-order valence-corrected chi connectivity index (χ4v) is 3.84. The van der Waals surface area contributed by atoms with Gasteiger partial charge in [0.25, 0.3) is 0 Å². The second kappa shape index (κ2) is 12.3. The maximum Gasteiger partial charge on any atom is 0.320 e. The van der Waals surface area contributed by atoms with Crippen LogP contribution in [0.1, 0.15) is 18.1 Å². The Morgan fingerprint density at radius 1 is 0.939 bits per heavy atom. The summed E-state index contributed by atoms with van der Waals surface area (Å²) in [4.78, 5) is 30.9. The van der Waals surface area contributed by atoms with E-state index in [0.29, 0.717) is 19.6 Å². The number of hydrogen-bond donors (Lipinski definition) is 0. The Hall–Kier alpha value is -2.97. The number of nitrogens with zero attached hydrogens (tertiary/aromatic N) is 3. The summed E-state index contributed by atoms with van der Waals surface area (Å²) in [6.07, 6.45) is 0. The van der Waals surface area contributed by atoms with Gasteiger partial charge in [0.05, 0.1) is 26.8 Å². The van der Waals surface area contributed by atoms with Crippen LogP contribution in [-0.2, 0) is 27.4 Å². The molecule has 1 saturated heterocycles. The normalized spacial score (nSPS) is 14.4. The minimum Gasteiger partial charge on any atom is -0.497 e. The van der Waals surface area contributed by atoms with Crippen LogP contribution >= 0.6 is 0 Å². The Balaban J connectivity index is 1.52. The number of benzene rings is 2. The summed E-state index contributed by atoms with van der Waals surface area (Å²) in [6.45, 7) is 6.18. The van der Waals surface area contributed by atoms with Crippen LogP contribution in [0.3, 0.4) is 0 Å². The van der Waals surface area contributed by atoms with Gasteiger partial charge in [0.15, 0.2) is 0 Å². The fraction of sp³-hybridized carbons (Fsp3) is 0.440. The van der Waals surface area contributed by atoms with Gasteiger partial charge < -0.3 is 14.4 Å². The van der Waals surface area contributed by atoms with Crippen LogP contribution < -0.4 is 4.74 Å². The van der Waals surface area contributed by atoms with Gasteiger partial charge in [0.1, 0.15) is 11.6 Å². The number of esters is 1. The van der Waals surface area contributed by atoms with Gasteiger partial charge in [-0.15, -0.1) is 0 Å². The lowest BCUT2D eigenvalue weighted by atomic mass is 10.2. The van der Waals surface area contributed by atoms with Crippen molar-refractivity contribution in [3.63, 3.8) is 0 Å². The van der Waals surface area contributed by atoms with Gasteiger partial charge in [-0.2, -0.15) is 0 Å². The van der Waals surface area contributed by atoms with Crippen molar-refractivity contribution in [2.24, 2.45) is 0 Å². The first-order valence-electron chi connectivity index (χ1n) is 11.2. The summed E-state index contributed by atoms with van der Waals surface area (Å²) in [7, 11) is 1.65. The standard InChI is InChI=1S/C25H32FN3O4/c1-3-33-25(31)19-28(17-20-4-8-22(26)9-5-20)18-24(30)29-14-12-27(13-15-29)16-21-6-10-23(32-2)11-7-21/h4-11H,3,12-19H2,1-2H3. The van der Waals surface area contributed by atoms with E-state index < -0.39 is 0 Å². The van der Waals surface area contributed by atoms with E-state index in [9.17, 15) is 14.0 Å². The van der Waals surface area contributed by atoms with Gasteiger partial charge in [0, 0.05) is 39.3 Å². The molecule has 0 bridgehead atoms. The first-order chi connectivity index (χ1) is 16.0. The van der Waals surface area contributed by atoms with Crippen molar-refractivity contribution in [3.8, 4) is 5.75 Å². The second-order valence-electron chi connectivity index (χ2n) is 8.08. The minimum absolute atomic E-state index is 0.00832. The molecule has 0 aromatic heterocycles. The van der Waals surface area contributed by atoms with Gasteiger partial charge in [-0.1, -0.05) is 24.3 Å². The number of carbonyl (C=O) groups is 2. The maximum atomic E-state index is 13.2. The van der Waals surface area contributed by atoms with E-state index in [2.05, 4.69) is 17.0 Å². The molecule has 7 nitrogen and oxygen atoms in total. The molecule has 2 aromatic carbocycles. The van der Waals surface area contributed by atoms with Crippen LogP contribution in [0.2, 0.25) is 0 Å². The predicted molar refractivity (Wildman–Crippen MR) is 123 cm³/mol. The monoisotopic (exact) mass is 457 g/mol. The minimum atomic E-state index is -0.378. The Morgan fingerprint density at radius 3 is 2.18 bits per heavy atom. The van der Waals surface area contributed by atoms with E-state index in [4.69, 9.17) is 9.47 Å². The average Bonchev–Trinajstić information content (AvgIpc) is 2.81. The molecule has 33 heavy (non-hydrogen) atoms. The Bertz CT molecular complexity index is 897. The Morgan fingerprint density at radius 2 is 1.58 bits per heavy atom. The largest absolute Gasteiger partial charge is 0.497 e. The summed E-state index contributed by atoms with van der Waals surface area (Å²) in [5.74, 6) is 0.115. The van der Waals surface area contributed by atoms with Crippen molar-refractivity contribution in [3.05, 3.63) is 65.5 Å². The average molecular weight is 458 g/mol. The molecule has 0 aliphatic carbocycles. The molecular weight excluding hydrogens is 425 g/mol. The number of carbonyl (C=O) groups excluding carboxylic acids is 2. The number of rotatable bonds is 10. The molecule has 0 saturated carbocycles. The third-order valence-electron chi connectivity index (χ3n) is 5.63. The highest BCUT2D eigenvalue weighted by Crippen LogP contribution is 2.15. The SMILES string of the molecule is CCOC(=O)CN(CC(=O)N1CCN(Cc2ccc(OC)cc2)CC1)Cc1ccc(F)cc1. The molecule has 8 heteroatoms. The molecule has 1 fully saturated rings. The summed E-state index contributed by atoms with van der Waals surface area (Å²) >= 11 is 0. The van der Waals surface area contributed by atoms with E-state index in [0.717, 1.165) is 30.9 Å². The molecule has 1 heterocycles. The Labute approximate surface area is 194 Å². The molecule has 3 rings (SSSR count). The third kappa shape index (κ3) is 7.83. The zero-order chi connectivity index (χ0) is 23.6. The highest BCUT2D eigenvalue weighted by molar-refractivity contribution is 5.79. The lowest BCUT2D eigenvalue weighted by Crippen LogP contribution is -2.51. The summed E-state index contributed by atoms with van der Waals surface area (Å²) in [5, 5.41) is 0. The highest BCUT2D eigenvalue weighted by Gasteiger charge is 2.24. The van der Waals surface area contributed by atoms with Crippen LogP contribution in [-0.4, -0.2) is 79.6 Å². The lowest BCUT2D eigenvalue weighted by Gasteiger charge is -2.35. The van der Waals surface area contributed by atoms with E-state index in [1.165, 1.54) is 17.7 Å². The number of hydrogen-bond acceptors (Lipinski definition) is 6. The van der Waals surface area contributed by atoms with Gasteiger partial charge in [0.2, 0.25) is 5.91 Å². The molecule has 0 atom stereocenters. The second-order valence-corrected chi connectivity index (χ2v) is 8.08. The van der Waals surface area contributed by atoms with E-state index in [1.807, 2.05) is 17.0 Å². The van der Waals surface area contributed by atoms with Crippen LogP contribution in [0.15, 0.2) is 48.5 Å². The summed E-state index contributed by atoms with van der Waals surface area (Å²) in [5.41, 5.74) is 2.04. The predicted octanol–water partition coefficient (Wildman–Crippen LogP) is 2.54. The van der Waals surface area contributed by atoms with Crippen molar-refractivity contribution in [1.29, 1.82) is 0 Å². The van der Waals surface area contributed by atoms with Crippen molar-refractivity contribution in [2.45, 2.75) is 20.0 Å². The number of ether oxygens (including phenoxy) is 2. The molecule has 1 aliphatic heterocycles. The summed E-state index contributed by atoms with van der Waals surface area (Å²) in [6, 6.07) is 14.1. The van der Waals surface area contributed by atoms with Crippen molar-refractivity contribution < 1.29 is 23.5 Å². The first kappa shape index (κ1) is 24.7. The van der Waals surface area contributed by atoms with E-state index in [1.54, 1.807) is 31.1 Å². The van der Waals surface area contributed by atoms with Crippen LogP contribution in [0.25, 0.3) is 0 Å². The quantitative estimate of drug-likeness (QED) is 0.511. The molecule has 0 spiro atoms. The smallest absolute Gasteiger partial charge is 0.320 e. The molecule has 1 amide bonds. The fourth-order valence-electron chi connectivity index (χ4n) is 3.84. The van der Waals surface area contributed by atoms with Gasteiger partial charge in [-0.25, -0.2) is 4.39 Å². The number of halogens is 1. The molecule has 0 N–H and O–H groups in total. The Kier molecular flexibility index (Phi) is 9.21. The first-order valence-corrected chi connectivity index (χ1v) is 11.2. The molecule has 2 aromatic rings. The maximum absolute atomic E-state index is 13.2. The zero-order valence-corrected chi connectivity index (χ0v) is 19.3. The number of amides is 1. The van der Waals surface area contributed by atoms with Gasteiger partial charge >= 0.3 is 5.97 Å². The van der Waals surface area contributed by atoms with Crippen molar-refractivity contribution in [1.82, 2.24) is 14.7 Å². The number of methoxy groups -OCH3 is 1. The van der Waals surface area contributed by atoms with Crippen molar-refractivity contribution in [2.75, 3.05) is 53.0 Å². The van der Waals surface area contributed by atoms with Crippen LogP contribution in [0.4, 0.5) is 4.39 Å². The lowest BCUT2D eigenvalue weighted by molar-refractivity contribution is -0.145. The van der Waals surface area contributed by atoms with Crippen molar-refractivity contribution >= 4 is 11.9 Å². The molecule has 0 unspecified atom stereocenters. The van der Waals surface area contributed by atoms with Crippen LogP contribution in [0.5, 0.6) is 5.75 Å². The molecule has 1 aliphatic rings. The molecule has 178 valence electrons. The zero-order valence-electron chi connectivity index (χ0n) is 19.3.